The molecule has 2 unspecified atom stereocenters. The minimum atomic E-state index is -0.0530. The van der Waals surface area contributed by atoms with Crippen LogP contribution in [0.4, 0.5) is 0 Å². The molecule has 46 heavy (non-hydrogen) atoms. The van der Waals surface area contributed by atoms with Gasteiger partial charge in [-0.15, -0.1) is 25.5 Å². The molecule has 0 N–H and O–H groups in total. The maximum Gasteiger partial charge on any atom is 0.0243 e. The lowest BCUT2D eigenvalue weighted by molar-refractivity contribution is 0.314. The number of fused-ring (bicyclic) bond motifs is 1. The van der Waals surface area contributed by atoms with E-state index in [1.54, 1.807) is 13.2 Å². The minimum absolute atomic E-state index is 0.0530. The fourth-order valence-corrected chi connectivity index (χ4v) is 4.77. The van der Waals surface area contributed by atoms with Gasteiger partial charge >= 0.3 is 0 Å². The van der Waals surface area contributed by atoms with Gasteiger partial charge in [-0.3, -0.25) is 0 Å². The molecule has 2 atom stereocenters. The van der Waals surface area contributed by atoms with Crippen LogP contribution in [-0.2, 0) is 10.8 Å². The fourth-order valence-electron chi connectivity index (χ4n) is 4.77. The van der Waals surface area contributed by atoms with E-state index in [9.17, 15) is 0 Å². The third kappa shape index (κ3) is 15.1. The second-order valence-corrected chi connectivity index (χ2v) is 13.3. The van der Waals surface area contributed by atoms with Crippen molar-refractivity contribution in [2.24, 2.45) is 11.3 Å². The first-order valence-electron chi connectivity index (χ1n) is 16.8. The molecule has 0 fully saturated rings. The summed E-state index contributed by atoms with van der Waals surface area (Å²) in [6.07, 6.45) is 27.5. The third-order valence-corrected chi connectivity index (χ3v) is 8.16. The van der Waals surface area contributed by atoms with Crippen molar-refractivity contribution < 1.29 is 0 Å². The van der Waals surface area contributed by atoms with Crippen LogP contribution in [0.15, 0.2) is 110 Å². The molecule has 0 aromatic heterocycles. The highest BCUT2D eigenvalue weighted by Gasteiger charge is 2.41. The third-order valence-electron chi connectivity index (χ3n) is 8.16. The lowest BCUT2D eigenvalue weighted by atomic mass is 9.71. The summed E-state index contributed by atoms with van der Waals surface area (Å²) in [5, 5.41) is 0. The molecule has 1 heteroatoms. The van der Waals surface area contributed by atoms with E-state index in [0.717, 1.165) is 30.4 Å². The first kappa shape index (κ1) is 47.5. The zero-order valence-corrected chi connectivity index (χ0v) is 33.3. The summed E-state index contributed by atoms with van der Waals surface area (Å²) >= 11 is 3.53. The van der Waals surface area contributed by atoms with E-state index in [2.05, 4.69) is 174 Å². The molecule has 0 aliphatic heterocycles. The number of rotatable bonds is 10. The molecule has 0 nitrogen and oxygen atoms in total. The molecule has 1 aliphatic rings. The quantitative estimate of drug-likeness (QED) is 0.112. The van der Waals surface area contributed by atoms with Crippen molar-refractivity contribution >= 4 is 18.2 Å². The molecule has 1 aliphatic carbocycles. The summed E-state index contributed by atoms with van der Waals surface area (Å²) in [4.78, 5) is 0. The second kappa shape index (κ2) is 24.3. The Hall–Kier alpha value is -2.95. The normalized spacial score (nSPS) is 16.3. The van der Waals surface area contributed by atoms with Gasteiger partial charge in [0.25, 0.3) is 0 Å². The zero-order chi connectivity index (χ0) is 36.7. The highest BCUT2D eigenvalue weighted by atomic mass is 32.1. The Morgan fingerprint density at radius 1 is 0.978 bits per heavy atom. The predicted molar refractivity (Wildman–Crippen MR) is 220 cm³/mol. The van der Waals surface area contributed by atoms with Crippen molar-refractivity contribution in [3.05, 3.63) is 127 Å². The van der Waals surface area contributed by atoms with Crippen molar-refractivity contribution in [3.63, 3.8) is 0 Å². The van der Waals surface area contributed by atoms with E-state index < -0.39 is 0 Å². The van der Waals surface area contributed by atoms with Crippen LogP contribution in [0.5, 0.6) is 0 Å². The molecular formula is C45H70S. The number of allylic oxidation sites excluding steroid dienone is 12. The Morgan fingerprint density at radius 3 is 1.96 bits per heavy atom. The number of thiol groups is 1. The molecule has 0 spiro atoms. The lowest BCUT2D eigenvalue weighted by Gasteiger charge is -2.32. The topological polar surface area (TPSA) is 0 Å². The smallest absolute Gasteiger partial charge is 0.0243 e. The van der Waals surface area contributed by atoms with Crippen LogP contribution in [-0.4, -0.2) is 6.26 Å². The van der Waals surface area contributed by atoms with Gasteiger partial charge in [-0.2, -0.15) is 12.6 Å². The number of hydrogen-bond acceptors (Lipinski definition) is 1. The highest BCUT2D eigenvalue weighted by Crippen LogP contribution is 2.52. The van der Waals surface area contributed by atoms with Crippen molar-refractivity contribution in [2.75, 3.05) is 6.26 Å². The molecule has 256 valence electrons. The van der Waals surface area contributed by atoms with Gasteiger partial charge in [-0.1, -0.05) is 160 Å². The standard InChI is InChI=1S/C37H52.C3H4.C2H6.C2H4.CH4S/c1-13-14-17-24-37(25-18-15-16-19-28(4)27(2)3)30(6)32(22-20-29(5)35(7,8)9)33-23-21-31(26-34(33)37)36(10,11)12;1-3-2;3*1-2/h14-23,26,29H,2,4,13,24-25H2,1,3,5-12H3;1H,2H3;1-2H3;1-2H2;2H,1H3/b17-14-,18-15-,19-16-,22-20-;;;;. The first-order chi connectivity index (χ1) is 21.6. The monoisotopic (exact) mass is 643 g/mol. The summed E-state index contributed by atoms with van der Waals surface area (Å²) in [6, 6.07) is 7.22. The van der Waals surface area contributed by atoms with Gasteiger partial charge in [-0.25, -0.2) is 0 Å². The molecule has 0 radical (unpaired) electrons. The van der Waals surface area contributed by atoms with Gasteiger partial charge in [0.05, 0.1) is 0 Å². The summed E-state index contributed by atoms with van der Waals surface area (Å²) in [5.74, 6) is 2.74. The molecular weight excluding hydrogens is 573 g/mol. The van der Waals surface area contributed by atoms with Crippen molar-refractivity contribution in [1.82, 2.24) is 0 Å². The molecule has 1 aromatic rings. The van der Waals surface area contributed by atoms with Crippen molar-refractivity contribution in [3.8, 4) is 12.3 Å². The molecule has 0 saturated carbocycles. The summed E-state index contributed by atoms with van der Waals surface area (Å²) in [5.41, 5.74) is 9.42. The summed E-state index contributed by atoms with van der Waals surface area (Å²) in [6.45, 7) is 42.5. The minimum Gasteiger partial charge on any atom is -0.183 e. The van der Waals surface area contributed by atoms with Crippen LogP contribution >= 0.6 is 12.6 Å². The second-order valence-electron chi connectivity index (χ2n) is 13.3. The van der Waals surface area contributed by atoms with Gasteiger partial charge < -0.3 is 0 Å². The van der Waals surface area contributed by atoms with Crippen LogP contribution < -0.4 is 0 Å². The van der Waals surface area contributed by atoms with Gasteiger partial charge in [-0.05, 0) is 90.9 Å². The van der Waals surface area contributed by atoms with E-state index >= 15 is 0 Å². The molecule has 2 rings (SSSR count). The van der Waals surface area contributed by atoms with Crippen LogP contribution in [0, 0.1) is 23.7 Å². The van der Waals surface area contributed by atoms with Crippen molar-refractivity contribution in [1.29, 1.82) is 0 Å². The van der Waals surface area contributed by atoms with Gasteiger partial charge in [0.1, 0.15) is 0 Å². The fraction of sp³-hybridized carbons (Fsp3) is 0.467. The largest absolute Gasteiger partial charge is 0.183 e. The predicted octanol–water partition coefficient (Wildman–Crippen LogP) is 14.3. The van der Waals surface area contributed by atoms with Crippen molar-refractivity contribution in [2.45, 2.75) is 120 Å². The molecule has 1 aromatic carbocycles. The number of terminal acetylenes is 1. The SMILES string of the molecule is C#CC.C=C.C=C(C)C(=C)/C=C\C=C/CC1(C/C=C\CC)C(C)=C(/C=C\C(C)C(C)(C)C)c2ccc(C(C)(C)C)cc21.CC.CS. The Kier molecular flexibility index (Phi) is 25.0. The zero-order valence-electron chi connectivity index (χ0n) is 32.4. The summed E-state index contributed by atoms with van der Waals surface area (Å²) in [7, 11) is 0. The van der Waals surface area contributed by atoms with Gasteiger partial charge in [0, 0.05) is 5.41 Å². The maximum atomic E-state index is 4.60. The first-order valence-corrected chi connectivity index (χ1v) is 17.7. The van der Waals surface area contributed by atoms with Crippen LogP contribution in [0.2, 0.25) is 0 Å². The Bertz CT molecular complexity index is 1240. The highest BCUT2D eigenvalue weighted by molar-refractivity contribution is 7.79. The van der Waals surface area contributed by atoms with Gasteiger partial charge in [0.15, 0.2) is 0 Å². The Balaban J connectivity index is -0.00000186. The van der Waals surface area contributed by atoms with E-state index in [0.29, 0.717) is 5.92 Å². The van der Waals surface area contributed by atoms with Crippen LogP contribution in [0.25, 0.3) is 5.57 Å². The van der Waals surface area contributed by atoms with Crippen LogP contribution in [0.1, 0.15) is 126 Å². The number of hydrogen-bond donors (Lipinski definition) is 1. The van der Waals surface area contributed by atoms with Gasteiger partial charge in [0.2, 0.25) is 0 Å². The van der Waals surface area contributed by atoms with E-state index in [4.69, 9.17) is 0 Å². The maximum absolute atomic E-state index is 4.60. The lowest BCUT2D eigenvalue weighted by Crippen LogP contribution is -2.25. The average Bonchev–Trinajstić information content (AvgIpc) is 3.24. The molecule has 0 heterocycles. The number of benzene rings is 1. The molecule has 0 amide bonds. The molecule has 0 saturated heterocycles. The summed E-state index contributed by atoms with van der Waals surface area (Å²) < 4.78 is 0. The van der Waals surface area contributed by atoms with E-state index in [1.165, 1.54) is 27.8 Å². The van der Waals surface area contributed by atoms with Crippen LogP contribution in [0.3, 0.4) is 0 Å². The Labute approximate surface area is 293 Å². The Morgan fingerprint density at radius 2 is 1.50 bits per heavy atom. The average molecular weight is 643 g/mol. The van der Waals surface area contributed by atoms with E-state index in [-0.39, 0.29) is 16.2 Å². The molecule has 0 bridgehead atoms. The van der Waals surface area contributed by atoms with E-state index in [1.807, 2.05) is 26.8 Å².